The van der Waals surface area contributed by atoms with Crippen LogP contribution in [0.15, 0.2) is 4.99 Å². The molecule has 0 amide bonds. The molecule has 0 aromatic carbocycles. The van der Waals surface area contributed by atoms with Crippen molar-refractivity contribution in [2.75, 3.05) is 51.6 Å². The second kappa shape index (κ2) is 11.9. The second-order valence-corrected chi connectivity index (χ2v) is 9.91. The number of guanidine groups is 1. The summed E-state index contributed by atoms with van der Waals surface area (Å²) in [4.78, 5) is 7.09. The van der Waals surface area contributed by atoms with E-state index in [0.29, 0.717) is 19.5 Å². The third-order valence-electron chi connectivity index (χ3n) is 5.45. The van der Waals surface area contributed by atoms with Gasteiger partial charge in [0, 0.05) is 45.3 Å². The number of nitrogens with one attached hydrogen (secondary N) is 2. The predicted molar refractivity (Wildman–Crippen MR) is 114 cm³/mol. The van der Waals surface area contributed by atoms with Gasteiger partial charge in [-0.15, -0.1) is 0 Å². The van der Waals surface area contributed by atoms with Crippen LogP contribution in [0.25, 0.3) is 0 Å². The van der Waals surface area contributed by atoms with Crippen LogP contribution in [0.4, 0.5) is 0 Å². The summed E-state index contributed by atoms with van der Waals surface area (Å²) in [5, 5.41) is 16.3. The van der Waals surface area contributed by atoms with Crippen LogP contribution in [0.1, 0.15) is 52.4 Å². The molecule has 0 unspecified atom stereocenters. The van der Waals surface area contributed by atoms with E-state index in [4.69, 9.17) is 4.99 Å². The number of aliphatic imine (C=N–C) groups is 1. The highest BCUT2D eigenvalue weighted by Gasteiger charge is 2.27. The maximum Gasteiger partial charge on any atom is 0.214 e. The highest BCUT2D eigenvalue weighted by molar-refractivity contribution is 7.89. The first-order chi connectivity index (χ1) is 13.4. The molecule has 0 spiro atoms. The Morgan fingerprint density at radius 3 is 2.39 bits per heavy atom. The van der Waals surface area contributed by atoms with Gasteiger partial charge in [-0.05, 0) is 52.0 Å². The summed E-state index contributed by atoms with van der Waals surface area (Å²) >= 11 is 0. The number of rotatable bonds is 9. The maximum atomic E-state index is 12.2. The molecule has 0 bridgehead atoms. The van der Waals surface area contributed by atoms with Gasteiger partial charge in [0.05, 0.1) is 11.9 Å². The molecule has 3 N–H and O–H groups in total. The molecule has 8 nitrogen and oxygen atoms in total. The topological polar surface area (TPSA) is 97.3 Å². The van der Waals surface area contributed by atoms with Crippen LogP contribution in [0.2, 0.25) is 0 Å². The molecule has 2 aliphatic rings. The first-order valence-corrected chi connectivity index (χ1v) is 12.5. The number of aliphatic hydroxyl groups is 1. The van der Waals surface area contributed by atoms with Gasteiger partial charge < -0.3 is 20.6 Å². The van der Waals surface area contributed by atoms with E-state index in [2.05, 4.69) is 22.5 Å². The zero-order chi connectivity index (χ0) is 20.4. The second-order valence-electron chi connectivity index (χ2n) is 7.82. The fourth-order valence-electron chi connectivity index (χ4n) is 3.81. The number of likely N-dealkylation sites (tertiary alicyclic amines) is 1. The molecule has 0 aromatic heterocycles. The number of hydrogen-bond donors (Lipinski definition) is 3. The molecule has 0 saturated carbocycles. The van der Waals surface area contributed by atoms with Gasteiger partial charge in [-0.3, -0.25) is 4.99 Å². The molecule has 2 saturated heterocycles. The van der Waals surface area contributed by atoms with Crippen LogP contribution < -0.4 is 10.6 Å². The zero-order valence-electron chi connectivity index (χ0n) is 17.6. The van der Waals surface area contributed by atoms with E-state index >= 15 is 0 Å². The summed E-state index contributed by atoms with van der Waals surface area (Å²) < 4.78 is 26.0. The van der Waals surface area contributed by atoms with Gasteiger partial charge in [-0.1, -0.05) is 6.92 Å². The lowest BCUT2D eigenvalue weighted by Gasteiger charge is -2.32. The van der Waals surface area contributed by atoms with Gasteiger partial charge in [-0.25, -0.2) is 12.7 Å². The fourth-order valence-corrected chi connectivity index (χ4v) is 5.35. The van der Waals surface area contributed by atoms with Gasteiger partial charge in [0.2, 0.25) is 10.0 Å². The van der Waals surface area contributed by atoms with Crippen molar-refractivity contribution in [2.24, 2.45) is 4.99 Å². The smallest absolute Gasteiger partial charge is 0.214 e. The lowest BCUT2D eigenvalue weighted by molar-refractivity contribution is 0.0824. The average Bonchev–Trinajstić information content (AvgIpc) is 2.67. The first kappa shape index (κ1) is 23.4. The Morgan fingerprint density at radius 1 is 1.11 bits per heavy atom. The highest BCUT2D eigenvalue weighted by Crippen LogP contribution is 2.15. The number of piperidine rings is 2. The molecule has 164 valence electrons. The Morgan fingerprint density at radius 2 is 1.79 bits per heavy atom. The van der Waals surface area contributed by atoms with Gasteiger partial charge in [-0.2, -0.15) is 0 Å². The Balaban J connectivity index is 1.72. The van der Waals surface area contributed by atoms with Crippen molar-refractivity contribution in [1.29, 1.82) is 0 Å². The maximum absolute atomic E-state index is 12.2. The number of aliphatic hydroxyl groups excluding tert-OH is 1. The lowest BCUT2D eigenvalue weighted by atomic mass is 10.1. The van der Waals surface area contributed by atoms with E-state index in [1.54, 1.807) is 4.31 Å². The molecular formula is C19H39N5O3S. The van der Waals surface area contributed by atoms with Gasteiger partial charge >= 0.3 is 0 Å². The van der Waals surface area contributed by atoms with E-state index in [1.807, 2.05) is 6.92 Å². The molecule has 28 heavy (non-hydrogen) atoms. The van der Waals surface area contributed by atoms with Crippen molar-refractivity contribution < 1.29 is 13.5 Å². The molecule has 0 atom stereocenters. The van der Waals surface area contributed by atoms with E-state index in [9.17, 15) is 13.5 Å². The van der Waals surface area contributed by atoms with Crippen molar-refractivity contribution in [3.8, 4) is 0 Å². The summed E-state index contributed by atoms with van der Waals surface area (Å²) in [6.45, 7) is 9.66. The Bertz CT molecular complexity index is 568. The Labute approximate surface area is 170 Å². The van der Waals surface area contributed by atoms with Crippen LogP contribution in [0.3, 0.4) is 0 Å². The molecule has 9 heteroatoms. The first-order valence-electron chi connectivity index (χ1n) is 10.9. The summed E-state index contributed by atoms with van der Waals surface area (Å²) in [6, 6.07) is 0.259. The predicted octanol–water partition coefficient (Wildman–Crippen LogP) is 0.593. The van der Waals surface area contributed by atoms with Crippen LogP contribution in [0.5, 0.6) is 0 Å². The van der Waals surface area contributed by atoms with E-state index < -0.39 is 10.0 Å². The van der Waals surface area contributed by atoms with E-state index in [0.717, 1.165) is 70.8 Å². The van der Waals surface area contributed by atoms with Crippen molar-refractivity contribution in [2.45, 2.75) is 64.5 Å². The minimum Gasteiger partial charge on any atom is -0.393 e. The molecule has 2 aliphatic heterocycles. The zero-order valence-corrected chi connectivity index (χ0v) is 18.4. The minimum atomic E-state index is -3.09. The van der Waals surface area contributed by atoms with Crippen LogP contribution in [-0.4, -0.2) is 92.4 Å². The van der Waals surface area contributed by atoms with Crippen LogP contribution in [-0.2, 0) is 10.0 Å². The number of nitrogens with zero attached hydrogens (tertiary/aromatic N) is 3. The number of hydrogen-bond acceptors (Lipinski definition) is 5. The van der Waals surface area contributed by atoms with Crippen LogP contribution >= 0.6 is 0 Å². The Kier molecular flexibility index (Phi) is 9.98. The quantitative estimate of drug-likeness (QED) is 0.289. The molecule has 0 radical (unpaired) electrons. The third-order valence-corrected chi connectivity index (χ3v) is 7.53. The van der Waals surface area contributed by atoms with Gasteiger partial charge in [0.1, 0.15) is 0 Å². The normalized spacial score (nSPS) is 21.8. The summed E-state index contributed by atoms with van der Waals surface area (Å²) in [7, 11) is -3.09. The van der Waals surface area contributed by atoms with Gasteiger partial charge in [0.25, 0.3) is 0 Å². The van der Waals surface area contributed by atoms with Gasteiger partial charge in [0.15, 0.2) is 5.96 Å². The molecule has 2 rings (SSSR count). The highest BCUT2D eigenvalue weighted by atomic mass is 32.2. The lowest BCUT2D eigenvalue weighted by Crippen LogP contribution is -2.50. The monoisotopic (exact) mass is 417 g/mol. The molecular weight excluding hydrogens is 378 g/mol. The SMILES string of the molecule is CCCS(=O)(=O)N1CCC(NC(=NCCCN2CCC(O)CC2)NCC)CC1. The molecule has 0 aliphatic carbocycles. The van der Waals surface area contributed by atoms with Crippen molar-refractivity contribution >= 4 is 16.0 Å². The number of sulfonamides is 1. The van der Waals surface area contributed by atoms with E-state index in [1.165, 1.54) is 0 Å². The van der Waals surface area contributed by atoms with Crippen LogP contribution in [0, 0.1) is 0 Å². The largest absolute Gasteiger partial charge is 0.393 e. The van der Waals surface area contributed by atoms with Crippen molar-refractivity contribution in [3.63, 3.8) is 0 Å². The summed E-state index contributed by atoms with van der Waals surface area (Å²) in [6.07, 6.45) is 4.91. The molecule has 2 fully saturated rings. The third kappa shape index (κ3) is 7.85. The summed E-state index contributed by atoms with van der Waals surface area (Å²) in [5.41, 5.74) is 0. The van der Waals surface area contributed by atoms with Crippen molar-refractivity contribution in [3.05, 3.63) is 0 Å². The standard InChI is InChI=1S/C19H39N5O3S/c1-3-16-28(26,27)24-14-6-17(7-15-24)22-19(20-4-2)21-10-5-11-23-12-8-18(25)9-13-23/h17-18,25H,3-16H2,1-2H3,(H2,20,21,22). The average molecular weight is 418 g/mol. The van der Waals surface area contributed by atoms with E-state index in [-0.39, 0.29) is 17.9 Å². The minimum absolute atomic E-state index is 0.123. The Hall–Kier alpha value is -0.900. The summed E-state index contributed by atoms with van der Waals surface area (Å²) in [5.74, 6) is 1.07. The molecule has 0 aromatic rings. The molecule has 2 heterocycles. The van der Waals surface area contributed by atoms with Crippen molar-refractivity contribution in [1.82, 2.24) is 19.8 Å². The fraction of sp³-hybridized carbons (Fsp3) is 0.947.